The van der Waals surface area contributed by atoms with E-state index in [1.54, 1.807) is 29.2 Å². The quantitative estimate of drug-likeness (QED) is 0.231. The third-order valence-corrected chi connectivity index (χ3v) is 6.95. The highest BCUT2D eigenvalue weighted by Gasteiger charge is 2.46. The average molecular weight is 543 g/mol. The lowest BCUT2D eigenvalue weighted by atomic mass is 9.95. The van der Waals surface area contributed by atoms with Crippen LogP contribution in [0.2, 0.25) is 0 Å². The Labute approximate surface area is 234 Å². The number of carbonyl (C=O) groups is 2. The molecule has 8 nitrogen and oxygen atoms in total. The van der Waals surface area contributed by atoms with E-state index >= 15 is 0 Å². The maximum atomic E-state index is 13.5. The molecule has 0 aromatic heterocycles. The topological polar surface area (TPSA) is 88.5 Å². The zero-order valence-corrected chi connectivity index (χ0v) is 22.8. The van der Waals surface area contributed by atoms with Crippen LogP contribution in [0.1, 0.15) is 31.0 Å². The standard InChI is InChI=1S/C32H34N2O6/c1-22(2)39-26-13-11-23(12-14-26)30(35)28-29(24-7-6-10-27(21-24)40-25-8-4-3-5-9-25)34(32(37)31(28)36)16-15-33-17-19-38-20-18-33/h3-14,21-22,29,35H,15-20H2,1-2H3/b30-28-. The minimum absolute atomic E-state index is 0.00150. The van der Waals surface area contributed by atoms with Gasteiger partial charge in [-0.1, -0.05) is 30.3 Å². The number of aliphatic hydroxyl groups excluding tert-OH is 1. The number of carbonyl (C=O) groups excluding carboxylic acids is 2. The number of nitrogens with zero attached hydrogens (tertiary/aromatic N) is 2. The first-order valence-electron chi connectivity index (χ1n) is 13.6. The molecule has 2 saturated heterocycles. The SMILES string of the molecule is CC(C)Oc1ccc(/C(O)=C2/C(=O)C(=O)N(CCN3CCOCC3)C2c2cccc(Oc3ccccc3)c2)cc1. The Balaban J connectivity index is 1.51. The van der Waals surface area contributed by atoms with Gasteiger partial charge >= 0.3 is 0 Å². The first-order chi connectivity index (χ1) is 19.4. The third-order valence-electron chi connectivity index (χ3n) is 6.95. The molecule has 2 heterocycles. The van der Waals surface area contributed by atoms with Gasteiger partial charge in [0.25, 0.3) is 11.7 Å². The smallest absolute Gasteiger partial charge is 0.295 e. The summed E-state index contributed by atoms with van der Waals surface area (Å²) >= 11 is 0. The van der Waals surface area contributed by atoms with E-state index in [-0.39, 0.29) is 17.4 Å². The van der Waals surface area contributed by atoms with Gasteiger partial charge in [0.05, 0.1) is 30.9 Å². The first kappa shape index (κ1) is 27.4. The summed E-state index contributed by atoms with van der Waals surface area (Å²) in [6, 6.07) is 22.8. The molecule has 208 valence electrons. The predicted molar refractivity (Wildman–Crippen MR) is 151 cm³/mol. The molecule has 1 unspecified atom stereocenters. The predicted octanol–water partition coefficient (Wildman–Crippen LogP) is 5.02. The van der Waals surface area contributed by atoms with Gasteiger partial charge in [-0.25, -0.2) is 0 Å². The molecule has 1 atom stereocenters. The van der Waals surface area contributed by atoms with E-state index in [9.17, 15) is 14.7 Å². The highest BCUT2D eigenvalue weighted by Crippen LogP contribution is 2.40. The molecule has 2 fully saturated rings. The van der Waals surface area contributed by atoms with Crippen molar-refractivity contribution in [3.8, 4) is 17.2 Å². The fraction of sp³-hybridized carbons (Fsp3) is 0.312. The molecule has 3 aromatic carbocycles. The lowest BCUT2D eigenvalue weighted by Gasteiger charge is -2.31. The van der Waals surface area contributed by atoms with Gasteiger partial charge in [0.15, 0.2) is 0 Å². The second-order valence-electron chi connectivity index (χ2n) is 10.1. The summed E-state index contributed by atoms with van der Waals surface area (Å²) < 4.78 is 17.2. The Morgan fingerprint density at radius 2 is 1.60 bits per heavy atom. The molecule has 3 aromatic rings. The van der Waals surface area contributed by atoms with Crippen molar-refractivity contribution in [1.82, 2.24) is 9.80 Å². The minimum Gasteiger partial charge on any atom is -0.507 e. The summed E-state index contributed by atoms with van der Waals surface area (Å²) in [6.07, 6.45) is 0.00150. The molecule has 0 bridgehead atoms. The number of ether oxygens (including phenoxy) is 3. The van der Waals surface area contributed by atoms with E-state index in [1.807, 2.05) is 68.4 Å². The number of para-hydroxylation sites is 1. The highest BCUT2D eigenvalue weighted by molar-refractivity contribution is 6.46. The maximum Gasteiger partial charge on any atom is 0.295 e. The number of hydrogen-bond acceptors (Lipinski definition) is 7. The molecule has 2 aliphatic heterocycles. The van der Waals surface area contributed by atoms with Crippen LogP contribution in [0.15, 0.2) is 84.4 Å². The molecule has 1 N–H and O–H groups in total. The number of ketones is 1. The monoisotopic (exact) mass is 542 g/mol. The zero-order chi connectivity index (χ0) is 28.1. The van der Waals surface area contributed by atoms with E-state index in [4.69, 9.17) is 14.2 Å². The van der Waals surface area contributed by atoms with Gasteiger partial charge in [-0.2, -0.15) is 0 Å². The fourth-order valence-electron chi connectivity index (χ4n) is 5.02. The van der Waals surface area contributed by atoms with Crippen LogP contribution < -0.4 is 9.47 Å². The van der Waals surface area contributed by atoms with Crippen LogP contribution in [0.4, 0.5) is 0 Å². The van der Waals surface area contributed by atoms with Crippen LogP contribution in [0.25, 0.3) is 5.76 Å². The number of likely N-dealkylation sites (tertiary alicyclic amines) is 1. The summed E-state index contributed by atoms with van der Waals surface area (Å²) in [6.45, 7) is 7.59. The molecule has 0 aliphatic carbocycles. The van der Waals surface area contributed by atoms with Crippen molar-refractivity contribution in [2.75, 3.05) is 39.4 Å². The highest BCUT2D eigenvalue weighted by atomic mass is 16.5. The summed E-state index contributed by atoms with van der Waals surface area (Å²) in [4.78, 5) is 30.6. The van der Waals surface area contributed by atoms with Gasteiger partial charge in [0, 0.05) is 31.7 Å². The molecule has 0 saturated carbocycles. The summed E-state index contributed by atoms with van der Waals surface area (Å²) in [5, 5.41) is 11.4. The maximum absolute atomic E-state index is 13.5. The Kier molecular flexibility index (Phi) is 8.48. The number of benzene rings is 3. The number of rotatable bonds is 9. The number of morpholine rings is 1. The lowest BCUT2D eigenvalue weighted by Crippen LogP contribution is -2.42. The number of Topliss-reactive ketones (excluding diaryl/α,β-unsaturated/α-hetero) is 1. The Morgan fingerprint density at radius 3 is 2.30 bits per heavy atom. The number of hydrogen-bond donors (Lipinski definition) is 1. The van der Waals surface area contributed by atoms with Crippen LogP contribution in [-0.2, 0) is 14.3 Å². The van der Waals surface area contributed by atoms with Crippen molar-refractivity contribution >= 4 is 17.4 Å². The molecule has 40 heavy (non-hydrogen) atoms. The lowest BCUT2D eigenvalue weighted by molar-refractivity contribution is -0.140. The molecular formula is C32H34N2O6. The van der Waals surface area contributed by atoms with E-state index in [0.29, 0.717) is 54.7 Å². The van der Waals surface area contributed by atoms with Gasteiger partial charge in [-0.05, 0) is 67.9 Å². The Morgan fingerprint density at radius 1 is 0.900 bits per heavy atom. The molecule has 8 heteroatoms. The van der Waals surface area contributed by atoms with Crippen LogP contribution in [-0.4, -0.2) is 72.1 Å². The second-order valence-corrected chi connectivity index (χ2v) is 10.1. The van der Waals surface area contributed by atoms with Gasteiger partial charge in [-0.15, -0.1) is 0 Å². The van der Waals surface area contributed by atoms with E-state index in [0.717, 1.165) is 13.1 Å². The molecule has 0 radical (unpaired) electrons. The van der Waals surface area contributed by atoms with E-state index < -0.39 is 17.7 Å². The molecular weight excluding hydrogens is 508 g/mol. The van der Waals surface area contributed by atoms with Gasteiger partial charge in [0.2, 0.25) is 0 Å². The van der Waals surface area contributed by atoms with E-state index in [1.165, 1.54) is 0 Å². The summed E-state index contributed by atoms with van der Waals surface area (Å²) in [5.41, 5.74) is 1.17. The van der Waals surface area contributed by atoms with Crippen molar-refractivity contribution in [2.45, 2.75) is 26.0 Å². The number of aliphatic hydroxyl groups is 1. The zero-order valence-electron chi connectivity index (χ0n) is 22.8. The normalized spacial score (nSPS) is 19.3. The molecule has 5 rings (SSSR count). The van der Waals surface area contributed by atoms with Crippen molar-refractivity contribution < 1.29 is 28.9 Å². The summed E-state index contributed by atoms with van der Waals surface area (Å²) in [7, 11) is 0. The molecule has 0 spiro atoms. The van der Waals surface area contributed by atoms with Crippen LogP contribution >= 0.6 is 0 Å². The fourth-order valence-corrected chi connectivity index (χ4v) is 5.02. The van der Waals surface area contributed by atoms with Gasteiger partial charge in [-0.3, -0.25) is 14.5 Å². The van der Waals surface area contributed by atoms with Crippen molar-refractivity contribution in [1.29, 1.82) is 0 Å². The third kappa shape index (κ3) is 6.19. The number of amides is 1. The average Bonchev–Trinajstić information content (AvgIpc) is 3.22. The van der Waals surface area contributed by atoms with Crippen LogP contribution in [0.3, 0.4) is 0 Å². The second kappa shape index (κ2) is 12.4. The van der Waals surface area contributed by atoms with Gasteiger partial charge < -0.3 is 24.2 Å². The van der Waals surface area contributed by atoms with Crippen molar-refractivity contribution in [2.24, 2.45) is 0 Å². The van der Waals surface area contributed by atoms with Crippen LogP contribution in [0.5, 0.6) is 17.2 Å². The molecule has 2 aliphatic rings. The first-order valence-corrected chi connectivity index (χ1v) is 13.6. The minimum atomic E-state index is -0.771. The van der Waals surface area contributed by atoms with Gasteiger partial charge in [0.1, 0.15) is 23.0 Å². The Bertz CT molecular complexity index is 1360. The van der Waals surface area contributed by atoms with Crippen molar-refractivity contribution in [3.63, 3.8) is 0 Å². The Hall–Kier alpha value is -4.14. The van der Waals surface area contributed by atoms with E-state index in [2.05, 4.69) is 4.90 Å². The van der Waals surface area contributed by atoms with Crippen LogP contribution in [0, 0.1) is 0 Å². The largest absolute Gasteiger partial charge is 0.507 e. The summed E-state index contributed by atoms with van der Waals surface area (Å²) in [5.74, 6) is 0.334. The van der Waals surface area contributed by atoms with Crippen molar-refractivity contribution in [3.05, 3.63) is 95.6 Å². The molecule has 1 amide bonds.